The van der Waals surface area contributed by atoms with Crippen molar-refractivity contribution in [1.29, 1.82) is 10.5 Å². The van der Waals surface area contributed by atoms with Crippen LogP contribution in [0.1, 0.15) is 16.7 Å². The molecular formula is C10H7FN2O. The van der Waals surface area contributed by atoms with Crippen LogP contribution in [0.4, 0.5) is 4.39 Å². The standard InChI is InChI=1S/C10H7FN2O/c1-7-2-9(5-14-6-13)10(11)3-8(7)4-12/h2-3H,5H2,1H3. The Kier molecular flexibility index (Phi) is 3.04. The van der Waals surface area contributed by atoms with Crippen LogP contribution in [0, 0.1) is 35.6 Å². The smallest absolute Gasteiger partial charge is 0.286 e. The summed E-state index contributed by atoms with van der Waals surface area (Å²) in [6.07, 6.45) is 1.46. The van der Waals surface area contributed by atoms with Crippen molar-refractivity contribution in [2.24, 2.45) is 0 Å². The van der Waals surface area contributed by atoms with Crippen LogP contribution in [0.3, 0.4) is 0 Å². The van der Waals surface area contributed by atoms with Crippen molar-refractivity contribution in [3.05, 3.63) is 34.6 Å². The molecule has 0 atom stereocenters. The topological polar surface area (TPSA) is 56.8 Å². The van der Waals surface area contributed by atoms with Crippen LogP contribution in [-0.4, -0.2) is 0 Å². The van der Waals surface area contributed by atoms with E-state index >= 15 is 0 Å². The molecule has 0 unspecified atom stereocenters. The van der Waals surface area contributed by atoms with Crippen LogP contribution >= 0.6 is 0 Å². The van der Waals surface area contributed by atoms with Gasteiger partial charge in [-0.25, -0.2) is 4.39 Å². The average Bonchev–Trinajstić information content (AvgIpc) is 2.18. The molecule has 0 fully saturated rings. The molecule has 0 bridgehead atoms. The van der Waals surface area contributed by atoms with Gasteiger partial charge in [-0.3, -0.25) is 0 Å². The number of benzene rings is 1. The average molecular weight is 190 g/mol. The lowest BCUT2D eigenvalue weighted by Crippen LogP contribution is -1.95. The molecule has 4 heteroatoms. The lowest BCUT2D eigenvalue weighted by atomic mass is 10.1. The monoisotopic (exact) mass is 190 g/mol. The van der Waals surface area contributed by atoms with Gasteiger partial charge in [-0.15, -0.1) is 0 Å². The quantitative estimate of drug-likeness (QED) is 0.670. The molecule has 70 valence electrons. The first-order valence-corrected chi connectivity index (χ1v) is 3.89. The van der Waals surface area contributed by atoms with Gasteiger partial charge in [0, 0.05) is 5.56 Å². The maximum absolute atomic E-state index is 13.2. The van der Waals surface area contributed by atoms with Gasteiger partial charge < -0.3 is 4.74 Å². The third-order valence-electron chi connectivity index (χ3n) is 1.81. The predicted molar refractivity (Wildman–Crippen MR) is 46.3 cm³/mol. The van der Waals surface area contributed by atoms with Gasteiger partial charge >= 0.3 is 0 Å². The third kappa shape index (κ3) is 1.99. The normalized spacial score (nSPS) is 8.86. The van der Waals surface area contributed by atoms with Crippen LogP contribution in [0.15, 0.2) is 12.1 Å². The highest BCUT2D eigenvalue weighted by Crippen LogP contribution is 2.15. The molecule has 0 spiro atoms. The minimum absolute atomic E-state index is 0.102. The highest BCUT2D eigenvalue weighted by Gasteiger charge is 2.07. The fourth-order valence-corrected chi connectivity index (χ4v) is 1.08. The first kappa shape index (κ1) is 10.0. The summed E-state index contributed by atoms with van der Waals surface area (Å²) < 4.78 is 17.6. The highest BCUT2D eigenvalue weighted by atomic mass is 19.1. The molecule has 1 aromatic carbocycles. The third-order valence-corrected chi connectivity index (χ3v) is 1.81. The second kappa shape index (κ2) is 4.25. The predicted octanol–water partition coefficient (Wildman–Crippen LogP) is 2.00. The van der Waals surface area contributed by atoms with E-state index in [1.807, 2.05) is 6.07 Å². The summed E-state index contributed by atoms with van der Waals surface area (Å²) in [4.78, 5) is 0. The largest absolute Gasteiger partial charge is 0.423 e. The van der Waals surface area contributed by atoms with E-state index in [0.29, 0.717) is 11.1 Å². The minimum Gasteiger partial charge on any atom is -0.423 e. The number of halogens is 1. The molecule has 0 aliphatic rings. The van der Waals surface area contributed by atoms with Gasteiger partial charge in [0.05, 0.1) is 11.6 Å². The summed E-state index contributed by atoms with van der Waals surface area (Å²) in [5, 5.41) is 16.8. The first-order chi connectivity index (χ1) is 6.69. The Hall–Kier alpha value is -2.07. The van der Waals surface area contributed by atoms with Gasteiger partial charge in [-0.05, 0) is 24.6 Å². The molecule has 0 N–H and O–H groups in total. The lowest BCUT2D eigenvalue weighted by molar-refractivity contribution is 0.252. The minimum atomic E-state index is -0.526. The van der Waals surface area contributed by atoms with Gasteiger partial charge in [0.2, 0.25) is 0 Å². The number of ether oxygens (including phenoxy) is 1. The van der Waals surface area contributed by atoms with E-state index in [2.05, 4.69) is 4.74 Å². The van der Waals surface area contributed by atoms with E-state index in [-0.39, 0.29) is 12.2 Å². The van der Waals surface area contributed by atoms with Crippen molar-refractivity contribution in [1.82, 2.24) is 0 Å². The summed E-state index contributed by atoms with van der Waals surface area (Å²) in [5.41, 5.74) is 1.25. The summed E-state index contributed by atoms with van der Waals surface area (Å²) in [7, 11) is 0. The maximum atomic E-state index is 13.2. The fourth-order valence-electron chi connectivity index (χ4n) is 1.08. The number of hydrogen-bond donors (Lipinski definition) is 0. The molecular weight excluding hydrogens is 183 g/mol. The van der Waals surface area contributed by atoms with E-state index in [1.165, 1.54) is 12.3 Å². The van der Waals surface area contributed by atoms with Gasteiger partial charge in [0.15, 0.2) is 0 Å². The summed E-state index contributed by atoms with van der Waals surface area (Å²) in [6, 6.07) is 4.52. The Bertz CT molecular complexity index is 429. The van der Waals surface area contributed by atoms with Gasteiger partial charge in [-0.1, -0.05) is 0 Å². The summed E-state index contributed by atoms with van der Waals surface area (Å²) in [6.45, 7) is 1.60. The molecule has 1 aromatic rings. The highest BCUT2D eigenvalue weighted by molar-refractivity contribution is 5.40. The van der Waals surface area contributed by atoms with Crippen LogP contribution in [-0.2, 0) is 11.3 Å². The Morgan fingerprint density at radius 3 is 2.71 bits per heavy atom. The Morgan fingerprint density at radius 2 is 2.14 bits per heavy atom. The fraction of sp³-hybridized carbons (Fsp3) is 0.200. The van der Waals surface area contributed by atoms with Crippen LogP contribution in [0.25, 0.3) is 0 Å². The Labute approximate surface area is 81.0 Å². The first-order valence-electron chi connectivity index (χ1n) is 3.89. The zero-order chi connectivity index (χ0) is 10.6. The second-order valence-electron chi connectivity index (χ2n) is 2.75. The van der Waals surface area contributed by atoms with E-state index in [1.54, 1.807) is 6.92 Å². The molecule has 14 heavy (non-hydrogen) atoms. The van der Waals surface area contributed by atoms with Gasteiger partial charge in [0.1, 0.15) is 12.4 Å². The van der Waals surface area contributed by atoms with Crippen LogP contribution < -0.4 is 0 Å². The molecule has 0 amide bonds. The summed E-state index contributed by atoms with van der Waals surface area (Å²) >= 11 is 0. The Morgan fingerprint density at radius 1 is 1.43 bits per heavy atom. The van der Waals surface area contributed by atoms with E-state index in [9.17, 15) is 4.39 Å². The molecule has 0 aromatic heterocycles. The number of aryl methyl sites for hydroxylation is 1. The molecule has 3 nitrogen and oxygen atoms in total. The molecule has 0 saturated heterocycles. The van der Waals surface area contributed by atoms with Crippen molar-refractivity contribution >= 4 is 0 Å². The van der Waals surface area contributed by atoms with Crippen molar-refractivity contribution in [3.63, 3.8) is 0 Å². The van der Waals surface area contributed by atoms with Crippen molar-refractivity contribution in [3.8, 4) is 12.3 Å². The van der Waals surface area contributed by atoms with E-state index in [0.717, 1.165) is 6.07 Å². The van der Waals surface area contributed by atoms with Crippen molar-refractivity contribution in [2.45, 2.75) is 13.5 Å². The molecule has 0 heterocycles. The lowest BCUT2D eigenvalue weighted by Gasteiger charge is -2.03. The number of hydrogen-bond acceptors (Lipinski definition) is 3. The Balaban J connectivity index is 3.05. The number of nitriles is 2. The SMILES string of the molecule is Cc1cc(COC#N)c(F)cc1C#N. The van der Waals surface area contributed by atoms with Crippen LogP contribution in [0.2, 0.25) is 0 Å². The van der Waals surface area contributed by atoms with Gasteiger partial charge in [0.25, 0.3) is 6.26 Å². The molecule has 0 saturated carbocycles. The zero-order valence-corrected chi connectivity index (χ0v) is 7.54. The molecule has 1 rings (SSSR count). The van der Waals surface area contributed by atoms with E-state index < -0.39 is 5.82 Å². The second-order valence-corrected chi connectivity index (χ2v) is 2.75. The van der Waals surface area contributed by atoms with Crippen molar-refractivity contribution < 1.29 is 9.13 Å². The molecule has 0 aliphatic heterocycles. The van der Waals surface area contributed by atoms with Crippen molar-refractivity contribution in [2.75, 3.05) is 0 Å². The zero-order valence-electron chi connectivity index (χ0n) is 7.54. The van der Waals surface area contributed by atoms with Gasteiger partial charge in [-0.2, -0.15) is 10.5 Å². The van der Waals surface area contributed by atoms with E-state index in [4.69, 9.17) is 10.5 Å². The molecule has 0 radical (unpaired) electrons. The van der Waals surface area contributed by atoms with Crippen LogP contribution in [0.5, 0.6) is 0 Å². The number of rotatable bonds is 2. The molecule has 0 aliphatic carbocycles. The summed E-state index contributed by atoms with van der Waals surface area (Å²) in [5.74, 6) is -0.526. The number of nitrogens with zero attached hydrogens (tertiary/aromatic N) is 2. The maximum Gasteiger partial charge on any atom is 0.286 e.